The molecule has 2 unspecified atom stereocenters. The summed E-state index contributed by atoms with van der Waals surface area (Å²) in [7, 11) is 0. The van der Waals surface area contributed by atoms with Gasteiger partial charge in [0.1, 0.15) is 6.54 Å². The fourth-order valence-electron chi connectivity index (χ4n) is 5.07. The largest absolute Gasteiger partial charge is 0.340 e. The predicted octanol–water partition coefficient (Wildman–Crippen LogP) is 0.852. The van der Waals surface area contributed by atoms with Crippen molar-refractivity contribution in [3.8, 4) is 0 Å². The topological polar surface area (TPSA) is 94.5 Å². The van der Waals surface area contributed by atoms with E-state index in [-0.39, 0.29) is 35.4 Å². The van der Waals surface area contributed by atoms with E-state index in [1.165, 1.54) is 10.8 Å². The third-order valence-electron chi connectivity index (χ3n) is 6.49. The molecule has 156 valence electrons. The molecule has 9 nitrogen and oxygen atoms in total. The second-order valence-corrected chi connectivity index (χ2v) is 8.40. The molecule has 0 N–H and O–H groups in total. The van der Waals surface area contributed by atoms with Gasteiger partial charge in [0.2, 0.25) is 5.91 Å². The molecule has 0 spiro atoms. The Hall–Kier alpha value is -3.75. The number of hydrogen-bond donors (Lipinski definition) is 0. The number of carbonyl (C=O) groups excluding carboxylic acids is 1. The molecule has 1 fully saturated rings. The van der Waals surface area contributed by atoms with Gasteiger partial charge in [-0.2, -0.15) is 5.10 Å². The van der Waals surface area contributed by atoms with Crippen LogP contribution in [-0.4, -0.2) is 47.6 Å². The molecular formula is C22H20N6O3. The van der Waals surface area contributed by atoms with E-state index in [4.69, 9.17) is 0 Å². The van der Waals surface area contributed by atoms with Crippen molar-refractivity contribution in [1.29, 1.82) is 0 Å². The van der Waals surface area contributed by atoms with E-state index in [2.05, 4.69) is 10.1 Å². The molecule has 6 rings (SSSR count). The third-order valence-corrected chi connectivity index (χ3v) is 6.49. The van der Waals surface area contributed by atoms with Gasteiger partial charge in [-0.25, -0.2) is 9.50 Å². The highest BCUT2D eigenvalue weighted by atomic mass is 16.2. The highest BCUT2D eigenvalue weighted by Gasteiger charge is 2.36. The second-order valence-electron chi connectivity index (χ2n) is 8.40. The molecule has 1 saturated heterocycles. The van der Waals surface area contributed by atoms with Crippen molar-refractivity contribution in [2.24, 2.45) is 5.92 Å². The van der Waals surface area contributed by atoms with Crippen molar-refractivity contribution in [3.05, 3.63) is 75.3 Å². The van der Waals surface area contributed by atoms with Crippen LogP contribution in [0.2, 0.25) is 0 Å². The standard InChI is InChI=1S/C22H20N6O3/c29-20-3-1-2-17-15-8-14(11-27(17)20)10-26(12-15)21(30)13-25-7-5-18-16(22(25)31)9-23-19-4-6-24-28(18)19/h1-7,9,14-15H,8,10-13H2. The summed E-state index contributed by atoms with van der Waals surface area (Å²) in [4.78, 5) is 44.4. The van der Waals surface area contributed by atoms with E-state index in [1.54, 1.807) is 41.2 Å². The normalized spacial score (nSPS) is 20.2. The van der Waals surface area contributed by atoms with Gasteiger partial charge < -0.3 is 14.0 Å². The molecule has 0 saturated carbocycles. The molecular weight excluding hydrogens is 396 g/mol. The van der Waals surface area contributed by atoms with E-state index in [0.29, 0.717) is 36.2 Å². The van der Waals surface area contributed by atoms with Crippen LogP contribution >= 0.6 is 0 Å². The Morgan fingerprint density at radius 3 is 2.90 bits per heavy atom. The fraction of sp³-hybridized carbons (Fsp3) is 0.318. The number of carbonyl (C=O) groups is 1. The van der Waals surface area contributed by atoms with Gasteiger partial charge in [0.15, 0.2) is 5.65 Å². The molecule has 9 heteroatoms. The lowest BCUT2D eigenvalue weighted by Crippen LogP contribution is -2.50. The van der Waals surface area contributed by atoms with Crippen LogP contribution in [0.5, 0.6) is 0 Å². The quantitative estimate of drug-likeness (QED) is 0.483. The summed E-state index contributed by atoms with van der Waals surface area (Å²) < 4.78 is 4.90. The minimum absolute atomic E-state index is 0.0209. The maximum Gasteiger partial charge on any atom is 0.262 e. The predicted molar refractivity (Wildman–Crippen MR) is 113 cm³/mol. The first-order chi connectivity index (χ1) is 15.1. The number of fused-ring (bicyclic) bond motifs is 7. The lowest BCUT2D eigenvalue weighted by molar-refractivity contribution is -0.134. The zero-order chi connectivity index (χ0) is 21.1. The number of piperidine rings is 1. The zero-order valence-corrected chi connectivity index (χ0v) is 16.7. The minimum atomic E-state index is -0.259. The van der Waals surface area contributed by atoms with Gasteiger partial charge in [0.25, 0.3) is 11.1 Å². The molecule has 4 aromatic rings. The molecule has 2 bridgehead atoms. The molecule has 4 aromatic heterocycles. The monoisotopic (exact) mass is 416 g/mol. The van der Waals surface area contributed by atoms with E-state index in [0.717, 1.165) is 12.1 Å². The second kappa shape index (κ2) is 6.63. The molecule has 2 atom stereocenters. The highest BCUT2D eigenvalue weighted by Crippen LogP contribution is 2.34. The van der Waals surface area contributed by atoms with Gasteiger partial charge in [-0.15, -0.1) is 0 Å². The molecule has 2 aliphatic heterocycles. The molecule has 31 heavy (non-hydrogen) atoms. The fourth-order valence-corrected chi connectivity index (χ4v) is 5.07. The summed E-state index contributed by atoms with van der Waals surface area (Å²) in [5.41, 5.74) is 2.09. The molecule has 0 aliphatic carbocycles. The van der Waals surface area contributed by atoms with Gasteiger partial charge in [-0.1, -0.05) is 6.07 Å². The maximum absolute atomic E-state index is 13.1. The summed E-state index contributed by atoms with van der Waals surface area (Å²) >= 11 is 0. The maximum atomic E-state index is 13.1. The lowest BCUT2D eigenvalue weighted by atomic mass is 9.83. The SMILES string of the molecule is O=C(Cn1ccc2c(cnc3ccnn32)c1=O)N1CC2CC(C1)c1cccc(=O)n1C2. The minimum Gasteiger partial charge on any atom is -0.340 e. The van der Waals surface area contributed by atoms with Crippen molar-refractivity contribution in [2.45, 2.75) is 25.4 Å². The number of aromatic nitrogens is 5. The van der Waals surface area contributed by atoms with Gasteiger partial charge in [-0.3, -0.25) is 14.4 Å². The van der Waals surface area contributed by atoms with E-state index in [1.807, 2.05) is 15.5 Å². The van der Waals surface area contributed by atoms with E-state index < -0.39 is 0 Å². The van der Waals surface area contributed by atoms with Crippen LogP contribution < -0.4 is 11.1 Å². The Bertz CT molecular complexity index is 1470. The van der Waals surface area contributed by atoms with Gasteiger partial charge >= 0.3 is 0 Å². The Kier molecular flexibility index (Phi) is 3.86. The Labute approximate surface area is 176 Å². The van der Waals surface area contributed by atoms with Crippen molar-refractivity contribution in [2.75, 3.05) is 13.1 Å². The number of rotatable bonds is 2. The van der Waals surface area contributed by atoms with Crippen LogP contribution in [0.3, 0.4) is 0 Å². The molecule has 0 aromatic carbocycles. The molecule has 2 aliphatic rings. The summed E-state index contributed by atoms with van der Waals surface area (Å²) in [5.74, 6) is 0.313. The number of amides is 1. The molecule has 0 radical (unpaired) electrons. The number of likely N-dealkylation sites (tertiary alicyclic amines) is 1. The van der Waals surface area contributed by atoms with E-state index >= 15 is 0 Å². The van der Waals surface area contributed by atoms with Crippen molar-refractivity contribution < 1.29 is 4.79 Å². The first kappa shape index (κ1) is 18.1. The number of hydrogen-bond acceptors (Lipinski definition) is 5. The summed E-state index contributed by atoms with van der Waals surface area (Å²) in [6.07, 6.45) is 5.80. The first-order valence-corrected chi connectivity index (χ1v) is 10.4. The summed E-state index contributed by atoms with van der Waals surface area (Å²) in [5, 5.41) is 4.64. The molecule has 6 heterocycles. The first-order valence-electron chi connectivity index (χ1n) is 10.4. The van der Waals surface area contributed by atoms with Crippen molar-refractivity contribution in [3.63, 3.8) is 0 Å². The van der Waals surface area contributed by atoms with Crippen LogP contribution in [-0.2, 0) is 17.9 Å². The Balaban J connectivity index is 1.28. The summed E-state index contributed by atoms with van der Waals surface area (Å²) in [6, 6.07) is 8.92. The van der Waals surface area contributed by atoms with Crippen LogP contribution in [0.4, 0.5) is 0 Å². The average molecular weight is 416 g/mol. The average Bonchev–Trinajstić information content (AvgIpc) is 3.25. The van der Waals surface area contributed by atoms with Gasteiger partial charge in [-0.05, 0) is 24.5 Å². The van der Waals surface area contributed by atoms with Gasteiger partial charge in [0.05, 0.1) is 17.1 Å². The Morgan fingerprint density at radius 1 is 1.10 bits per heavy atom. The highest BCUT2D eigenvalue weighted by molar-refractivity contribution is 5.80. The van der Waals surface area contributed by atoms with E-state index in [9.17, 15) is 14.4 Å². The van der Waals surface area contributed by atoms with Crippen LogP contribution in [0, 0.1) is 5.92 Å². The van der Waals surface area contributed by atoms with Gasteiger partial charge in [0, 0.05) is 55.8 Å². The Morgan fingerprint density at radius 2 is 2.00 bits per heavy atom. The summed E-state index contributed by atoms with van der Waals surface area (Å²) in [6.45, 7) is 1.79. The number of nitrogens with zero attached hydrogens (tertiary/aromatic N) is 6. The van der Waals surface area contributed by atoms with Crippen LogP contribution in [0.15, 0.2) is 58.5 Å². The lowest BCUT2D eigenvalue weighted by Gasteiger charge is -2.42. The van der Waals surface area contributed by atoms with Crippen LogP contribution in [0.25, 0.3) is 16.6 Å². The molecule has 1 amide bonds. The zero-order valence-electron chi connectivity index (χ0n) is 16.7. The van der Waals surface area contributed by atoms with Crippen molar-refractivity contribution >= 4 is 22.5 Å². The van der Waals surface area contributed by atoms with Crippen LogP contribution in [0.1, 0.15) is 18.0 Å². The smallest absolute Gasteiger partial charge is 0.262 e. The van der Waals surface area contributed by atoms with Crippen molar-refractivity contribution in [1.82, 2.24) is 28.6 Å². The number of pyridine rings is 2. The third kappa shape index (κ3) is 2.80.